The summed E-state index contributed by atoms with van der Waals surface area (Å²) in [5.41, 5.74) is 2.18. The minimum atomic E-state index is 0.216. The Morgan fingerprint density at radius 1 is 1.32 bits per heavy atom. The lowest BCUT2D eigenvalue weighted by atomic mass is 10.1. The minimum absolute atomic E-state index is 0.216. The van der Waals surface area contributed by atoms with Crippen molar-refractivity contribution in [2.75, 3.05) is 39.9 Å². The molecule has 1 aromatic rings. The Morgan fingerprint density at radius 3 is 2.86 bits per heavy atom. The molecule has 0 N–H and O–H groups in total. The SMILES string of the molecule is CN1CCC[C@H]1c1cccc(CCC(=O)N2CCOCC2)n1. The predicted molar refractivity (Wildman–Crippen MR) is 84.6 cm³/mol. The summed E-state index contributed by atoms with van der Waals surface area (Å²) in [6.07, 6.45) is 3.68. The van der Waals surface area contributed by atoms with Gasteiger partial charge in [-0.05, 0) is 45.0 Å². The Labute approximate surface area is 132 Å². The van der Waals surface area contributed by atoms with Crippen molar-refractivity contribution in [3.8, 4) is 0 Å². The van der Waals surface area contributed by atoms with E-state index in [0.717, 1.165) is 37.4 Å². The van der Waals surface area contributed by atoms with Crippen LogP contribution in [0.5, 0.6) is 0 Å². The highest BCUT2D eigenvalue weighted by molar-refractivity contribution is 5.76. The third kappa shape index (κ3) is 3.65. The maximum Gasteiger partial charge on any atom is 0.223 e. The zero-order chi connectivity index (χ0) is 15.4. The van der Waals surface area contributed by atoms with Crippen LogP contribution in [-0.4, -0.2) is 60.6 Å². The number of carbonyl (C=O) groups excluding carboxylic acids is 1. The molecule has 3 heterocycles. The number of pyridine rings is 1. The molecular weight excluding hydrogens is 278 g/mol. The first-order valence-electron chi connectivity index (χ1n) is 8.25. The molecule has 1 aromatic heterocycles. The highest BCUT2D eigenvalue weighted by atomic mass is 16.5. The van der Waals surface area contributed by atoms with E-state index in [1.807, 2.05) is 11.0 Å². The summed E-state index contributed by atoms with van der Waals surface area (Å²) >= 11 is 0. The van der Waals surface area contributed by atoms with Gasteiger partial charge in [-0.2, -0.15) is 0 Å². The first kappa shape index (κ1) is 15.4. The normalized spacial score (nSPS) is 23.0. The maximum absolute atomic E-state index is 12.2. The lowest BCUT2D eigenvalue weighted by Gasteiger charge is -2.26. The fourth-order valence-electron chi connectivity index (χ4n) is 3.31. The van der Waals surface area contributed by atoms with E-state index >= 15 is 0 Å². The van der Waals surface area contributed by atoms with Crippen molar-refractivity contribution in [2.24, 2.45) is 0 Å². The zero-order valence-corrected chi connectivity index (χ0v) is 13.3. The van der Waals surface area contributed by atoms with Crippen molar-refractivity contribution in [3.63, 3.8) is 0 Å². The summed E-state index contributed by atoms with van der Waals surface area (Å²) in [6.45, 7) is 3.91. The van der Waals surface area contributed by atoms with E-state index in [1.54, 1.807) is 0 Å². The molecule has 0 radical (unpaired) electrons. The molecule has 1 amide bonds. The molecule has 2 aliphatic rings. The number of carbonyl (C=O) groups is 1. The van der Waals surface area contributed by atoms with E-state index in [-0.39, 0.29) is 5.91 Å². The number of aryl methyl sites for hydroxylation is 1. The van der Waals surface area contributed by atoms with Gasteiger partial charge in [0.25, 0.3) is 0 Å². The van der Waals surface area contributed by atoms with Gasteiger partial charge in [-0.3, -0.25) is 14.7 Å². The van der Waals surface area contributed by atoms with Crippen LogP contribution in [-0.2, 0) is 16.0 Å². The standard InChI is InChI=1S/C17H25N3O2/c1-19-9-3-6-16(19)15-5-2-4-14(18-15)7-8-17(21)20-10-12-22-13-11-20/h2,4-5,16H,3,6-13H2,1H3/t16-/m0/s1. The van der Waals surface area contributed by atoms with E-state index in [9.17, 15) is 4.79 Å². The number of morpholine rings is 1. The van der Waals surface area contributed by atoms with E-state index in [4.69, 9.17) is 9.72 Å². The van der Waals surface area contributed by atoms with Crippen LogP contribution in [0.1, 0.15) is 36.7 Å². The molecule has 0 aliphatic carbocycles. The second kappa shape index (κ2) is 7.20. The largest absolute Gasteiger partial charge is 0.378 e. The molecule has 0 unspecified atom stereocenters. The van der Waals surface area contributed by atoms with Gasteiger partial charge in [0.15, 0.2) is 0 Å². The van der Waals surface area contributed by atoms with Crippen LogP contribution in [0.3, 0.4) is 0 Å². The van der Waals surface area contributed by atoms with Crippen LogP contribution in [0.25, 0.3) is 0 Å². The van der Waals surface area contributed by atoms with Crippen molar-refractivity contribution < 1.29 is 9.53 Å². The van der Waals surface area contributed by atoms with Gasteiger partial charge in [-0.25, -0.2) is 0 Å². The lowest BCUT2D eigenvalue weighted by molar-refractivity contribution is -0.135. The molecule has 5 nitrogen and oxygen atoms in total. The topological polar surface area (TPSA) is 45.7 Å². The number of hydrogen-bond donors (Lipinski definition) is 0. The number of amides is 1. The molecule has 1 atom stereocenters. The van der Waals surface area contributed by atoms with Gasteiger partial charge in [0.1, 0.15) is 0 Å². The molecule has 0 bridgehead atoms. The number of hydrogen-bond acceptors (Lipinski definition) is 4. The number of rotatable bonds is 4. The number of likely N-dealkylation sites (tertiary alicyclic amines) is 1. The summed E-state index contributed by atoms with van der Waals surface area (Å²) in [6, 6.07) is 6.66. The second-order valence-corrected chi connectivity index (χ2v) is 6.19. The average Bonchev–Trinajstić information content (AvgIpc) is 3.00. The van der Waals surface area contributed by atoms with Crippen LogP contribution in [0, 0.1) is 0 Å². The molecular formula is C17H25N3O2. The third-order valence-electron chi connectivity index (χ3n) is 4.65. The van der Waals surface area contributed by atoms with Gasteiger partial charge in [-0.1, -0.05) is 6.07 Å². The van der Waals surface area contributed by atoms with Gasteiger partial charge in [-0.15, -0.1) is 0 Å². The first-order valence-corrected chi connectivity index (χ1v) is 8.25. The number of aromatic nitrogens is 1. The van der Waals surface area contributed by atoms with Crippen molar-refractivity contribution in [2.45, 2.75) is 31.7 Å². The molecule has 0 spiro atoms. The fraction of sp³-hybridized carbons (Fsp3) is 0.647. The van der Waals surface area contributed by atoms with E-state index in [0.29, 0.717) is 25.7 Å². The molecule has 22 heavy (non-hydrogen) atoms. The minimum Gasteiger partial charge on any atom is -0.378 e. The summed E-state index contributed by atoms with van der Waals surface area (Å²) in [7, 11) is 2.16. The fourth-order valence-corrected chi connectivity index (χ4v) is 3.31. The zero-order valence-electron chi connectivity index (χ0n) is 13.3. The van der Waals surface area contributed by atoms with Gasteiger partial charge < -0.3 is 9.64 Å². The molecule has 2 fully saturated rings. The summed E-state index contributed by atoms with van der Waals surface area (Å²) < 4.78 is 5.28. The summed E-state index contributed by atoms with van der Waals surface area (Å²) in [5, 5.41) is 0. The van der Waals surface area contributed by atoms with Gasteiger partial charge >= 0.3 is 0 Å². The highest BCUT2D eigenvalue weighted by Crippen LogP contribution is 2.29. The van der Waals surface area contributed by atoms with E-state index in [1.165, 1.54) is 12.8 Å². The van der Waals surface area contributed by atoms with Crippen molar-refractivity contribution >= 4 is 5.91 Å². The Hall–Kier alpha value is -1.46. The Bertz CT molecular complexity index is 514. The van der Waals surface area contributed by atoms with Gasteiger partial charge in [0.2, 0.25) is 5.91 Å². The van der Waals surface area contributed by atoms with Gasteiger partial charge in [0.05, 0.1) is 24.9 Å². The number of nitrogens with zero attached hydrogens (tertiary/aromatic N) is 3. The summed E-state index contributed by atoms with van der Waals surface area (Å²) in [5.74, 6) is 0.216. The molecule has 5 heteroatoms. The Balaban J connectivity index is 1.57. The Morgan fingerprint density at radius 2 is 2.14 bits per heavy atom. The van der Waals surface area contributed by atoms with E-state index in [2.05, 4.69) is 24.1 Å². The van der Waals surface area contributed by atoms with Crippen LogP contribution in [0.15, 0.2) is 18.2 Å². The van der Waals surface area contributed by atoms with Crippen molar-refractivity contribution in [1.29, 1.82) is 0 Å². The monoisotopic (exact) mass is 303 g/mol. The van der Waals surface area contributed by atoms with E-state index < -0.39 is 0 Å². The Kier molecular flexibility index (Phi) is 5.05. The maximum atomic E-state index is 12.2. The van der Waals surface area contributed by atoms with Crippen LogP contribution >= 0.6 is 0 Å². The lowest BCUT2D eigenvalue weighted by Crippen LogP contribution is -2.40. The molecule has 0 saturated carbocycles. The summed E-state index contributed by atoms with van der Waals surface area (Å²) in [4.78, 5) is 21.3. The molecule has 120 valence electrons. The second-order valence-electron chi connectivity index (χ2n) is 6.19. The van der Waals surface area contributed by atoms with Crippen LogP contribution < -0.4 is 0 Å². The average molecular weight is 303 g/mol. The first-order chi connectivity index (χ1) is 10.7. The van der Waals surface area contributed by atoms with Crippen molar-refractivity contribution in [1.82, 2.24) is 14.8 Å². The highest BCUT2D eigenvalue weighted by Gasteiger charge is 2.24. The van der Waals surface area contributed by atoms with Gasteiger partial charge in [0, 0.05) is 25.2 Å². The third-order valence-corrected chi connectivity index (χ3v) is 4.65. The quantitative estimate of drug-likeness (QED) is 0.848. The predicted octanol–water partition coefficient (Wildman–Crippen LogP) is 1.64. The smallest absolute Gasteiger partial charge is 0.223 e. The van der Waals surface area contributed by atoms with Crippen LogP contribution in [0.2, 0.25) is 0 Å². The molecule has 0 aromatic carbocycles. The molecule has 3 rings (SSSR count). The molecule has 2 aliphatic heterocycles. The molecule has 2 saturated heterocycles. The van der Waals surface area contributed by atoms with Crippen LogP contribution in [0.4, 0.5) is 0 Å². The number of ether oxygens (including phenoxy) is 1. The van der Waals surface area contributed by atoms with Crippen molar-refractivity contribution in [3.05, 3.63) is 29.6 Å².